The number of carbonyl (C=O) groups is 1. The lowest BCUT2D eigenvalue weighted by Crippen LogP contribution is -2.06. The van der Waals surface area contributed by atoms with E-state index < -0.39 is 10.9 Å². The quantitative estimate of drug-likeness (QED) is 0.691. The van der Waals surface area contributed by atoms with Crippen molar-refractivity contribution in [2.24, 2.45) is 0 Å². The zero-order valence-corrected chi connectivity index (χ0v) is 12.0. The minimum atomic E-state index is -0.718. The third-order valence-corrected chi connectivity index (χ3v) is 5.61. The SMILES string of the molecule is CC(OC=O)[SH]1C=C(c2ccccc2)c2cccnc21. The Balaban J connectivity index is 2.07. The number of fused-ring (bicyclic) bond motifs is 1. The summed E-state index contributed by atoms with van der Waals surface area (Å²) < 4.78 is 5.13. The Morgan fingerprint density at radius 2 is 2.00 bits per heavy atom. The highest BCUT2D eigenvalue weighted by Gasteiger charge is 2.27. The van der Waals surface area contributed by atoms with Crippen LogP contribution in [-0.2, 0) is 9.53 Å². The molecule has 0 aliphatic carbocycles. The molecule has 0 saturated heterocycles. The standard InChI is InChI=1S/C16H15NO2S/c1-12(19-11-18)20-10-15(13-6-3-2-4-7-13)14-8-5-9-17-16(14)20/h2-12,20H,1H3. The molecule has 0 fully saturated rings. The first kappa shape index (κ1) is 12.9. The largest absolute Gasteiger partial charge is 0.455 e. The van der Waals surface area contributed by atoms with Crippen molar-refractivity contribution >= 4 is 22.9 Å². The molecule has 3 nitrogen and oxygen atoms in total. The van der Waals surface area contributed by atoms with Crippen molar-refractivity contribution in [1.29, 1.82) is 0 Å². The molecule has 0 radical (unpaired) electrons. The first-order valence-electron chi connectivity index (χ1n) is 6.41. The fourth-order valence-electron chi connectivity index (χ4n) is 2.35. The highest BCUT2D eigenvalue weighted by molar-refractivity contribution is 8.20. The number of hydrogen-bond acceptors (Lipinski definition) is 3. The number of aromatic nitrogens is 1. The van der Waals surface area contributed by atoms with Gasteiger partial charge in [0.05, 0.1) is 5.03 Å². The summed E-state index contributed by atoms with van der Waals surface area (Å²) in [6.07, 6.45) is 1.80. The highest BCUT2D eigenvalue weighted by atomic mass is 32.2. The van der Waals surface area contributed by atoms with Gasteiger partial charge in [-0.3, -0.25) is 9.78 Å². The monoisotopic (exact) mass is 285 g/mol. The number of rotatable bonds is 4. The third kappa shape index (κ3) is 2.23. The number of benzene rings is 1. The maximum atomic E-state index is 10.6. The maximum Gasteiger partial charge on any atom is 0.294 e. The first-order valence-corrected chi connectivity index (χ1v) is 7.89. The average Bonchev–Trinajstić information content (AvgIpc) is 2.88. The molecule has 102 valence electrons. The Hall–Kier alpha value is -2.07. The van der Waals surface area contributed by atoms with Crippen LogP contribution in [0.2, 0.25) is 0 Å². The normalized spacial score (nSPS) is 19.9. The lowest BCUT2D eigenvalue weighted by atomic mass is 10.0. The molecule has 0 saturated carbocycles. The van der Waals surface area contributed by atoms with E-state index in [4.69, 9.17) is 4.74 Å². The zero-order chi connectivity index (χ0) is 13.9. The Labute approximate surface area is 120 Å². The second-order valence-electron chi connectivity index (χ2n) is 4.52. The van der Waals surface area contributed by atoms with Gasteiger partial charge in [-0.05, 0) is 29.5 Å². The van der Waals surface area contributed by atoms with Crippen LogP contribution in [0.4, 0.5) is 0 Å². The van der Waals surface area contributed by atoms with Gasteiger partial charge >= 0.3 is 0 Å². The summed E-state index contributed by atoms with van der Waals surface area (Å²) in [6, 6.07) is 14.3. The van der Waals surface area contributed by atoms with Crippen LogP contribution in [0.3, 0.4) is 0 Å². The summed E-state index contributed by atoms with van der Waals surface area (Å²) in [4.78, 5) is 15.1. The number of thiol groups is 1. The summed E-state index contributed by atoms with van der Waals surface area (Å²) in [5, 5.41) is 3.24. The van der Waals surface area contributed by atoms with Gasteiger partial charge in [-0.1, -0.05) is 36.4 Å². The van der Waals surface area contributed by atoms with Gasteiger partial charge in [0.15, 0.2) is 0 Å². The van der Waals surface area contributed by atoms with Gasteiger partial charge in [-0.15, -0.1) is 0 Å². The minimum absolute atomic E-state index is 0.155. The van der Waals surface area contributed by atoms with Crippen molar-refractivity contribution < 1.29 is 9.53 Å². The Kier molecular flexibility index (Phi) is 3.56. The summed E-state index contributed by atoms with van der Waals surface area (Å²) in [7, 11) is -0.718. The Morgan fingerprint density at radius 3 is 2.75 bits per heavy atom. The van der Waals surface area contributed by atoms with Gasteiger partial charge in [0, 0.05) is 11.8 Å². The van der Waals surface area contributed by atoms with Crippen LogP contribution in [-0.4, -0.2) is 16.9 Å². The van der Waals surface area contributed by atoms with Crippen molar-refractivity contribution in [1.82, 2.24) is 4.98 Å². The van der Waals surface area contributed by atoms with Crippen LogP contribution in [0.1, 0.15) is 18.1 Å². The molecular formula is C16H15NO2S. The predicted octanol–water partition coefficient (Wildman–Crippen LogP) is 3.36. The fraction of sp³-hybridized carbons (Fsp3) is 0.125. The van der Waals surface area contributed by atoms with Crippen molar-refractivity contribution in [3.8, 4) is 0 Å². The van der Waals surface area contributed by atoms with E-state index >= 15 is 0 Å². The van der Waals surface area contributed by atoms with E-state index in [2.05, 4.69) is 28.6 Å². The molecule has 2 heterocycles. The summed E-state index contributed by atoms with van der Waals surface area (Å²) in [5.74, 6) is 0. The van der Waals surface area contributed by atoms with Crippen LogP contribution >= 0.6 is 10.9 Å². The van der Waals surface area contributed by atoms with Gasteiger partial charge in [-0.25, -0.2) is 0 Å². The molecule has 2 atom stereocenters. The summed E-state index contributed by atoms with van der Waals surface area (Å²) >= 11 is 0. The minimum Gasteiger partial charge on any atom is -0.455 e. The van der Waals surface area contributed by atoms with Gasteiger partial charge < -0.3 is 4.74 Å². The number of pyridine rings is 1. The average molecular weight is 285 g/mol. The molecule has 0 amide bonds. The summed E-state index contributed by atoms with van der Waals surface area (Å²) in [5.41, 5.74) is 3.34. The van der Waals surface area contributed by atoms with Crippen LogP contribution in [0, 0.1) is 0 Å². The molecule has 0 N–H and O–H groups in total. The van der Waals surface area contributed by atoms with Crippen molar-refractivity contribution in [2.45, 2.75) is 17.4 Å². The molecule has 4 heteroatoms. The Morgan fingerprint density at radius 1 is 1.20 bits per heavy atom. The number of nitrogens with zero attached hydrogens (tertiary/aromatic N) is 1. The molecule has 1 aromatic heterocycles. The molecule has 20 heavy (non-hydrogen) atoms. The molecule has 2 unspecified atom stereocenters. The topological polar surface area (TPSA) is 39.2 Å². The van der Waals surface area contributed by atoms with Gasteiger partial charge in [0.1, 0.15) is 5.44 Å². The van der Waals surface area contributed by atoms with Crippen LogP contribution < -0.4 is 0 Å². The maximum absolute atomic E-state index is 10.6. The molecule has 0 bridgehead atoms. The van der Waals surface area contributed by atoms with E-state index in [1.54, 1.807) is 6.20 Å². The van der Waals surface area contributed by atoms with E-state index in [0.29, 0.717) is 6.47 Å². The summed E-state index contributed by atoms with van der Waals surface area (Å²) in [6.45, 7) is 2.44. The van der Waals surface area contributed by atoms with Crippen molar-refractivity contribution in [3.63, 3.8) is 0 Å². The Bertz CT molecular complexity index is 655. The number of hydrogen-bond donors (Lipinski definition) is 1. The third-order valence-electron chi connectivity index (χ3n) is 3.32. The van der Waals surface area contributed by atoms with E-state index in [9.17, 15) is 4.79 Å². The zero-order valence-electron chi connectivity index (χ0n) is 11.1. The van der Waals surface area contributed by atoms with E-state index in [0.717, 1.165) is 10.6 Å². The second kappa shape index (κ2) is 5.51. The molecule has 3 rings (SSSR count). The highest BCUT2D eigenvalue weighted by Crippen LogP contribution is 2.53. The van der Waals surface area contributed by atoms with E-state index in [1.807, 2.05) is 31.2 Å². The van der Waals surface area contributed by atoms with Crippen molar-refractivity contribution in [2.75, 3.05) is 0 Å². The lowest BCUT2D eigenvalue weighted by molar-refractivity contribution is -0.129. The van der Waals surface area contributed by atoms with Gasteiger partial charge in [0.2, 0.25) is 0 Å². The first-order chi connectivity index (χ1) is 9.81. The van der Waals surface area contributed by atoms with Crippen LogP contribution in [0.5, 0.6) is 0 Å². The smallest absolute Gasteiger partial charge is 0.294 e. The van der Waals surface area contributed by atoms with Gasteiger partial charge in [0.25, 0.3) is 6.47 Å². The lowest BCUT2D eigenvalue weighted by Gasteiger charge is -2.20. The van der Waals surface area contributed by atoms with Gasteiger partial charge in [-0.2, -0.15) is 10.9 Å². The molecule has 0 spiro atoms. The number of carbonyl (C=O) groups excluding carboxylic acids is 1. The van der Waals surface area contributed by atoms with E-state index in [1.165, 1.54) is 11.1 Å². The molecular weight excluding hydrogens is 270 g/mol. The predicted molar refractivity (Wildman–Crippen MR) is 81.6 cm³/mol. The number of ether oxygens (including phenoxy) is 1. The second-order valence-corrected chi connectivity index (χ2v) is 6.75. The molecule has 2 aromatic rings. The molecule has 1 aliphatic rings. The van der Waals surface area contributed by atoms with Crippen molar-refractivity contribution in [3.05, 3.63) is 65.2 Å². The van der Waals surface area contributed by atoms with Crippen LogP contribution in [0.15, 0.2) is 59.1 Å². The molecule has 1 aromatic carbocycles. The molecule has 1 aliphatic heterocycles. The fourth-order valence-corrected chi connectivity index (χ4v) is 4.45. The van der Waals surface area contributed by atoms with E-state index in [-0.39, 0.29) is 5.44 Å². The van der Waals surface area contributed by atoms with Crippen LogP contribution in [0.25, 0.3) is 5.57 Å².